The molecule has 7 heteroatoms. The SMILES string of the molecule is N=C(C(N)=O)c1cc(Cl)ccc1NCC(=O)O. The minimum Gasteiger partial charge on any atom is -0.480 e. The number of carbonyl (C=O) groups is 2. The summed E-state index contributed by atoms with van der Waals surface area (Å²) in [7, 11) is 0. The van der Waals surface area contributed by atoms with Crippen LogP contribution in [0.1, 0.15) is 5.56 Å². The molecule has 0 aliphatic carbocycles. The van der Waals surface area contributed by atoms with Crippen LogP contribution in [-0.2, 0) is 9.59 Å². The lowest BCUT2D eigenvalue weighted by Crippen LogP contribution is -2.25. The van der Waals surface area contributed by atoms with Crippen molar-refractivity contribution in [3.05, 3.63) is 28.8 Å². The molecule has 0 bridgehead atoms. The van der Waals surface area contributed by atoms with Gasteiger partial charge in [0.15, 0.2) is 0 Å². The van der Waals surface area contributed by atoms with Gasteiger partial charge in [0.25, 0.3) is 5.91 Å². The normalized spacial score (nSPS) is 9.71. The highest BCUT2D eigenvalue weighted by atomic mass is 35.5. The van der Waals surface area contributed by atoms with Gasteiger partial charge in [0.05, 0.1) is 0 Å². The zero-order chi connectivity index (χ0) is 13.0. The molecule has 1 aromatic carbocycles. The molecule has 0 aliphatic rings. The molecule has 0 saturated heterocycles. The monoisotopic (exact) mass is 255 g/mol. The van der Waals surface area contributed by atoms with E-state index in [4.69, 9.17) is 27.9 Å². The van der Waals surface area contributed by atoms with Crippen LogP contribution in [0.5, 0.6) is 0 Å². The first-order valence-electron chi connectivity index (χ1n) is 4.55. The van der Waals surface area contributed by atoms with Crippen molar-refractivity contribution in [1.82, 2.24) is 0 Å². The molecule has 0 heterocycles. The van der Waals surface area contributed by atoms with Crippen molar-refractivity contribution in [3.8, 4) is 0 Å². The van der Waals surface area contributed by atoms with Crippen molar-refractivity contribution in [3.63, 3.8) is 0 Å². The van der Waals surface area contributed by atoms with Gasteiger partial charge >= 0.3 is 5.97 Å². The van der Waals surface area contributed by atoms with Crippen LogP contribution in [0.2, 0.25) is 5.02 Å². The zero-order valence-corrected chi connectivity index (χ0v) is 9.41. The highest BCUT2D eigenvalue weighted by molar-refractivity contribution is 6.45. The van der Waals surface area contributed by atoms with Crippen molar-refractivity contribution >= 4 is 34.9 Å². The van der Waals surface area contributed by atoms with Crippen molar-refractivity contribution in [2.24, 2.45) is 5.73 Å². The summed E-state index contributed by atoms with van der Waals surface area (Å²) in [5, 5.41) is 18.9. The molecule has 1 rings (SSSR count). The van der Waals surface area contributed by atoms with Gasteiger partial charge in [-0.25, -0.2) is 0 Å². The van der Waals surface area contributed by atoms with Crippen LogP contribution in [0.4, 0.5) is 5.69 Å². The summed E-state index contributed by atoms with van der Waals surface area (Å²) >= 11 is 5.74. The standard InChI is InChI=1S/C10H10ClN3O3/c11-5-1-2-7(14-4-8(15)16)6(3-5)9(12)10(13)17/h1-3,12,14H,4H2,(H2,13,17)(H,15,16). The van der Waals surface area contributed by atoms with E-state index in [2.05, 4.69) is 5.32 Å². The third-order valence-corrected chi connectivity index (χ3v) is 2.16. The number of anilines is 1. The molecule has 5 N–H and O–H groups in total. The fourth-order valence-corrected chi connectivity index (χ4v) is 1.35. The molecule has 0 fully saturated rings. The minimum absolute atomic E-state index is 0.172. The molecular formula is C10H10ClN3O3. The Hall–Kier alpha value is -2.08. The van der Waals surface area contributed by atoms with E-state index in [0.717, 1.165) is 0 Å². The van der Waals surface area contributed by atoms with Gasteiger partial charge in [-0.05, 0) is 18.2 Å². The van der Waals surface area contributed by atoms with Gasteiger partial charge < -0.3 is 16.2 Å². The molecule has 0 unspecified atom stereocenters. The van der Waals surface area contributed by atoms with Crippen molar-refractivity contribution in [2.75, 3.05) is 11.9 Å². The molecule has 90 valence electrons. The Morgan fingerprint density at radius 3 is 2.65 bits per heavy atom. The summed E-state index contributed by atoms with van der Waals surface area (Å²) in [5.41, 5.74) is 5.05. The van der Waals surface area contributed by atoms with Crippen molar-refractivity contribution in [1.29, 1.82) is 5.41 Å². The summed E-state index contributed by atoms with van der Waals surface area (Å²) in [6, 6.07) is 4.38. The first kappa shape index (κ1) is 13.0. The maximum atomic E-state index is 10.9. The molecule has 0 spiro atoms. The maximum absolute atomic E-state index is 10.9. The third-order valence-electron chi connectivity index (χ3n) is 1.93. The molecule has 0 atom stereocenters. The summed E-state index contributed by atoms with van der Waals surface area (Å²) in [5.74, 6) is -1.97. The summed E-state index contributed by atoms with van der Waals surface area (Å²) in [6.07, 6.45) is 0. The van der Waals surface area contributed by atoms with Gasteiger partial charge in [-0.2, -0.15) is 0 Å². The number of nitrogens with one attached hydrogen (secondary N) is 2. The van der Waals surface area contributed by atoms with Crippen LogP contribution in [0, 0.1) is 5.41 Å². The minimum atomic E-state index is -1.06. The first-order chi connectivity index (χ1) is 7.91. The average Bonchev–Trinajstić information content (AvgIpc) is 2.26. The van der Waals surface area contributed by atoms with Crippen LogP contribution in [0.15, 0.2) is 18.2 Å². The molecule has 0 saturated carbocycles. The molecule has 6 nitrogen and oxygen atoms in total. The predicted octanol–water partition coefficient (Wildman–Crippen LogP) is 0.690. The first-order valence-corrected chi connectivity index (χ1v) is 4.93. The number of primary amides is 1. The number of benzene rings is 1. The van der Waals surface area contributed by atoms with Gasteiger partial charge in [-0.15, -0.1) is 0 Å². The number of carbonyl (C=O) groups excluding carboxylic acids is 1. The molecule has 0 radical (unpaired) electrons. The quantitative estimate of drug-likeness (QED) is 0.579. The van der Waals surface area contributed by atoms with Crippen molar-refractivity contribution in [2.45, 2.75) is 0 Å². The van der Waals surface area contributed by atoms with Gasteiger partial charge in [-0.3, -0.25) is 15.0 Å². The van der Waals surface area contributed by atoms with E-state index in [0.29, 0.717) is 10.7 Å². The number of nitrogens with two attached hydrogens (primary N) is 1. The van der Waals surface area contributed by atoms with Crippen LogP contribution in [0.3, 0.4) is 0 Å². The van der Waals surface area contributed by atoms with Gasteiger partial charge in [0.2, 0.25) is 0 Å². The van der Waals surface area contributed by atoms with Gasteiger partial charge in [0.1, 0.15) is 12.3 Å². The molecule has 0 aromatic heterocycles. The molecule has 1 aromatic rings. The number of carboxylic acid groups (broad SMARTS) is 1. The Labute approximate surface area is 102 Å². The molecule has 0 aliphatic heterocycles. The zero-order valence-electron chi connectivity index (χ0n) is 8.66. The van der Waals surface area contributed by atoms with E-state index < -0.39 is 17.6 Å². The number of hydrogen-bond donors (Lipinski definition) is 4. The van der Waals surface area contributed by atoms with Gasteiger partial charge in [-0.1, -0.05) is 11.6 Å². The largest absolute Gasteiger partial charge is 0.480 e. The number of aliphatic carboxylic acids is 1. The Morgan fingerprint density at radius 1 is 1.47 bits per heavy atom. The summed E-state index contributed by atoms with van der Waals surface area (Å²) in [6.45, 7) is -0.333. The Balaban J connectivity index is 3.07. The number of halogens is 1. The maximum Gasteiger partial charge on any atom is 0.322 e. The van der Waals surface area contributed by atoms with Crippen LogP contribution >= 0.6 is 11.6 Å². The van der Waals surface area contributed by atoms with Crippen LogP contribution in [-0.4, -0.2) is 29.2 Å². The topological polar surface area (TPSA) is 116 Å². The third kappa shape index (κ3) is 3.46. The van der Waals surface area contributed by atoms with Gasteiger partial charge in [0, 0.05) is 16.3 Å². The second-order valence-electron chi connectivity index (χ2n) is 3.18. The van der Waals surface area contributed by atoms with E-state index in [9.17, 15) is 9.59 Å². The summed E-state index contributed by atoms with van der Waals surface area (Å²) in [4.78, 5) is 21.3. The van der Waals surface area contributed by atoms with E-state index in [1.807, 2.05) is 0 Å². The van der Waals surface area contributed by atoms with Crippen LogP contribution in [0.25, 0.3) is 0 Å². The van der Waals surface area contributed by atoms with Crippen molar-refractivity contribution < 1.29 is 14.7 Å². The summed E-state index contributed by atoms with van der Waals surface area (Å²) < 4.78 is 0. The Bertz CT molecular complexity index is 488. The lowest BCUT2D eigenvalue weighted by Gasteiger charge is -2.10. The highest BCUT2D eigenvalue weighted by Gasteiger charge is 2.13. The number of amides is 1. The van der Waals surface area contributed by atoms with E-state index in [1.54, 1.807) is 0 Å². The van der Waals surface area contributed by atoms with Crippen LogP contribution < -0.4 is 11.1 Å². The lowest BCUT2D eigenvalue weighted by molar-refractivity contribution is -0.134. The fourth-order valence-electron chi connectivity index (χ4n) is 1.18. The number of rotatable bonds is 5. The Morgan fingerprint density at radius 2 is 2.12 bits per heavy atom. The average molecular weight is 256 g/mol. The van der Waals surface area contributed by atoms with E-state index >= 15 is 0 Å². The second kappa shape index (κ2) is 5.31. The van der Waals surface area contributed by atoms with E-state index in [-0.39, 0.29) is 12.1 Å². The van der Waals surface area contributed by atoms with E-state index in [1.165, 1.54) is 18.2 Å². The highest BCUT2D eigenvalue weighted by Crippen LogP contribution is 2.21. The Kier molecular flexibility index (Phi) is 4.06. The predicted molar refractivity (Wildman–Crippen MR) is 63.6 cm³/mol. The lowest BCUT2D eigenvalue weighted by atomic mass is 10.1. The molecular weight excluding hydrogens is 246 g/mol. The smallest absolute Gasteiger partial charge is 0.322 e. The second-order valence-corrected chi connectivity index (χ2v) is 3.61. The molecule has 1 amide bonds. The number of carboxylic acids is 1. The number of hydrogen-bond acceptors (Lipinski definition) is 4. The fraction of sp³-hybridized carbons (Fsp3) is 0.100. The molecule has 17 heavy (non-hydrogen) atoms.